The summed E-state index contributed by atoms with van der Waals surface area (Å²) in [5.41, 5.74) is -0.0787. The lowest BCUT2D eigenvalue weighted by atomic mass is 9.89. The van der Waals surface area contributed by atoms with Crippen molar-refractivity contribution in [1.82, 2.24) is 4.90 Å². The molecule has 0 unspecified atom stereocenters. The molecule has 1 amide bonds. The average Bonchev–Trinajstić information content (AvgIpc) is 2.32. The van der Waals surface area contributed by atoms with Gasteiger partial charge in [-0.2, -0.15) is 0 Å². The van der Waals surface area contributed by atoms with Crippen molar-refractivity contribution in [3.05, 3.63) is 0 Å². The number of hydrogen-bond donors (Lipinski definition) is 0. The summed E-state index contributed by atoms with van der Waals surface area (Å²) < 4.78 is 5.40. The van der Waals surface area contributed by atoms with Crippen LogP contribution in [0, 0.1) is 10.8 Å². The van der Waals surface area contributed by atoms with E-state index in [1.807, 2.05) is 27.8 Å². The molecule has 4 heteroatoms. The van der Waals surface area contributed by atoms with Gasteiger partial charge in [0.1, 0.15) is 5.78 Å². The van der Waals surface area contributed by atoms with Crippen LogP contribution >= 0.6 is 0 Å². The molecule has 0 aliphatic carbocycles. The van der Waals surface area contributed by atoms with Gasteiger partial charge < -0.3 is 9.64 Å². The van der Waals surface area contributed by atoms with E-state index in [4.69, 9.17) is 4.74 Å². The van der Waals surface area contributed by atoms with E-state index >= 15 is 0 Å². The van der Waals surface area contributed by atoms with Gasteiger partial charge in [0.25, 0.3) is 0 Å². The molecule has 0 N–H and O–H groups in total. The van der Waals surface area contributed by atoms with E-state index in [-0.39, 0.29) is 22.5 Å². The molecule has 0 saturated heterocycles. The van der Waals surface area contributed by atoms with Gasteiger partial charge in [0.15, 0.2) is 0 Å². The molecule has 0 atom stereocenters. The van der Waals surface area contributed by atoms with Crippen LogP contribution in [-0.4, -0.2) is 43.4 Å². The number of rotatable bonds is 8. The first-order valence-electron chi connectivity index (χ1n) is 7.78. The van der Waals surface area contributed by atoms with Gasteiger partial charge in [-0.25, -0.2) is 0 Å². The molecule has 124 valence electrons. The number of hydrogen-bond acceptors (Lipinski definition) is 3. The van der Waals surface area contributed by atoms with Gasteiger partial charge in [-0.1, -0.05) is 41.5 Å². The topological polar surface area (TPSA) is 46.6 Å². The number of carbonyl (C=O) groups is 2. The maximum atomic E-state index is 11.9. The van der Waals surface area contributed by atoms with E-state index in [1.54, 1.807) is 4.90 Å². The van der Waals surface area contributed by atoms with Crippen molar-refractivity contribution in [1.29, 1.82) is 0 Å². The first-order chi connectivity index (χ1) is 9.43. The number of ketones is 1. The molecule has 0 fully saturated rings. The Bertz CT molecular complexity index is 337. The van der Waals surface area contributed by atoms with Crippen molar-refractivity contribution >= 4 is 11.7 Å². The van der Waals surface area contributed by atoms with E-state index in [1.165, 1.54) is 0 Å². The van der Waals surface area contributed by atoms with Crippen molar-refractivity contribution < 1.29 is 14.3 Å². The molecule has 0 aromatic heterocycles. The van der Waals surface area contributed by atoms with Crippen LogP contribution in [0.25, 0.3) is 0 Å². The lowest BCUT2D eigenvalue weighted by Gasteiger charge is -2.23. The second-order valence-electron chi connectivity index (χ2n) is 7.91. The number of nitrogens with zero attached hydrogens (tertiary/aromatic N) is 1. The Morgan fingerprint density at radius 3 is 1.95 bits per heavy atom. The minimum Gasteiger partial charge on any atom is -0.380 e. The maximum Gasteiger partial charge on any atom is 0.224 e. The van der Waals surface area contributed by atoms with Gasteiger partial charge in [-0.3, -0.25) is 9.59 Å². The highest BCUT2D eigenvalue weighted by Crippen LogP contribution is 2.18. The van der Waals surface area contributed by atoms with Gasteiger partial charge >= 0.3 is 0 Å². The zero-order chi connectivity index (χ0) is 16.7. The summed E-state index contributed by atoms with van der Waals surface area (Å²) in [4.78, 5) is 25.3. The largest absolute Gasteiger partial charge is 0.380 e. The number of Topliss-reactive ketones (excluding diaryl/α,β-unsaturated/α-hetero) is 1. The van der Waals surface area contributed by atoms with Crippen LogP contribution in [0.4, 0.5) is 0 Å². The fourth-order valence-corrected chi connectivity index (χ4v) is 1.62. The molecule has 4 nitrogen and oxygen atoms in total. The van der Waals surface area contributed by atoms with Gasteiger partial charge in [0, 0.05) is 25.4 Å². The minimum atomic E-state index is -0.313. The number of ether oxygens (including phenoxy) is 1. The zero-order valence-corrected chi connectivity index (χ0v) is 14.9. The molecular weight excluding hydrogens is 266 g/mol. The lowest BCUT2D eigenvalue weighted by Crippen LogP contribution is -2.30. The fourth-order valence-electron chi connectivity index (χ4n) is 1.62. The molecule has 0 saturated carbocycles. The smallest absolute Gasteiger partial charge is 0.224 e. The van der Waals surface area contributed by atoms with E-state index in [0.717, 1.165) is 13.0 Å². The second kappa shape index (κ2) is 8.52. The quantitative estimate of drug-likeness (QED) is 0.646. The standard InChI is InChI=1S/C17H33NO3/c1-16(2,3)10-11-18(7)15(20)9-13-21-12-8-14(19)17(4,5)6/h8-13H2,1-7H3. The SMILES string of the molecule is CN(CCC(C)(C)C)C(=O)CCOCCC(=O)C(C)(C)C. The van der Waals surface area contributed by atoms with Crippen molar-refractivity contribution in [3.63, 3.8) is 0 Å². The van der Waals surface area contributed by atoms with Gasteiger partial charge in [0.05, 0.1) is 19.6 Å². The van der Waals surface area contributed by atoms with Crippen LogP contribution in [0.3, 0.4) is 0 Å². The van der Waals surface area contributed by atoms with Crippen molar-refractivity contribution in [2.75, 3.05) is 26.8 Å². The monoisotopic (exact) mass is 299 g/mol. The summed E-state index contributed by atoms with van der Waals surface area (Å²) in [6, 6.07) is 0. The Labute approximate surface area is 130 Å². The summed E-state index contributed by atoms with van der Waals surface area (Å²) in [5, 5.41) is 0. The zero-order valence-electron chi connectivity index (χ0n) is 14.9. The van der Waals surface area contributed by atoms with E-state index in [9.17, 15) is 9.59 Å². The van der Waals surface area contributed by atoms with Crippen molar-refractivity contribution in [2.24, 2.45) is 10.8 Å². The Hall–Kier alpha value is -0.900. The Morgan fingerprint density at radius 1 is 0.952 bits per heavy atom. The molecule has 0 aromatic carbocycles. The Balaban J connectivity index is 3.78. The summed E-state index contributed by atoms with van der Waals surface area (Å²) in [6.45, 7) is 13.8. The molecule has 0 aliphatic heterocycles. The summed E-state index contributed by atoms with van der Waals surface area (Å²) in [7, 11) is 1.83. The fraction of sp³-hybridized carbons (Fsp3) is 0.882. The van der Waals surface area contributed by atoms with Crippen molar-refractivity contribution in [3.8, 4) is 0 Å². The van der Waals surface area contributed by atoms with Crippen LogP contribution in [0.5, 0.6) is 0 Å². The molecular formula is C17H33NO3. The Kier molecular flexibility index (Phi) is 8.16. The molecule has 0 spiro atoms. The van der Waals surface area contributed by atoms with E-state index < -0.39 is 0 Å². The highest BCUT2D eigenvalue weighted by molar-refractivity contribution is 5.83. The first kappa shape index (κ1) is 20.1. The molecule has 0 aliphatic rings. The highest BCUT2D eigenvalue weighted by atomic mass is 16.5. The third-order valence-corrected chi connectivity index (χ3v) is 3.39. The van der Waals surface area contributed by atoms with Crippen LogP contribution in [0.2, 0.25) is 0 Å². The first-order valence-corrected chi connectivity index (χ1v) is 7.78. The normalized spacial score (nSPS) is 12.3. The van der Waals surface area contributed by atoms with E-state index in [0.29, 0.717) is 26.1 Å². The third kappa shape index (κ3) is 10.5. The third-order valence-electron chi connectivity index (χ3n) is 3.39. The summed E-state index contributed by atoms with van der Waals surface area (Å²) >= 11 is 0. The average molecular weight is 299 g/mol. The molecule has 21 heavy (non-hydrogen) atoms. The molecule has 0 rings (SSSR count). The number of carbonyl (C=O) groups excluding carboxylic acids is 2. The minimum absolute atomic E-state index is 0.0985. The van der Waals surface area contributed by atoms with Crippen LogP contribution < -0.4 is 0 Å². The molecule has 0 heterocycles. The van der Waals surface area contributed by atoms with Crippen LogP contribution in [0.1, 0.15) is 60.8 Å². The van der Waals surface area contributed by atoms with E-state index in [2.05, 4.69) is 20.8 Å². The number of amides is 1. The molecule has 0 radical (unpaired) electrons. The van der Waals surface area contributed by atoms with Gasteiger partial charge in [0.2, 0.25) is 5.91 Å². The maximum absolute atomic E-state index is 11.9. The Morgan fingerprint density at radius 2 is 1.48 bits per heavy atom. The predicted octanol–water partition coefficient (Wildman–Crippen LogP) is 3.29. The predicted molar refractivity (Wildman–Crippen MR) is 86.2 cm³/mol. The van der Waals surface area contributed by atoms with Crippen LogP contribution in [-0.2, 0) is 14.3 Å². The van der Waals surface area contributed by atoms with Crippen molar-refractivity contribution in [2.45, 2.75) is 60.8 Å². The summed E-state index contributed by atoms with van der Waals surface area (Å²) in [5.74, 6) is 0.289. The second-order valence-corrected chi connectivity index (χ2v) is 7.91. The van der Waals surface area contributed by atoms with Gasteiger partial charge in [-0.15, -0.1) is 0 Å². The lowest BCUT2D eigenvalue weighted by molar-refractivity contribution is -0.131. The van der Waals surface area contributed by atoms with Crippen LogP contribution in [0.15, 0.2) is 0 Å². The molecule has 0 aromatic rings. The van der Waals surface area contributed by atoms with Gasteiger partial charge in [-0.05, 0) is 11.8 Å². The summed E-state index contributed by atoms with van der Waals surface area (Å²) in [6.07, 6.45) is 1.78. The molecule has 0 bridgehead atoms. The highest BCUT2D eigenvalue weighted by Gasteiger charge is 2.20.